The standard InChI is InChI=1S/C21H28N4O3.HI/c1-4-22-21(25-15-17-7-5-6-8-19(17)28-3)24-14-13-23-20(26)16-9-11-18(27-2)12-10-16;/h5-12H,4,13-15H2,1-3H3,(H,23,26)(H2,22,24,25);1H. The first-order valence-corrected chi connectivity index (χ1v) is 9.24. The molecule has 0 aliphatic rings. The van der Waals surface area contributed by atoms with E-state index in [1.807, 2.05) is 31.2 Å². The van der Waals surface area contributed by atoms with Crippen molar-refractivity contribution in [3.05, 3.63) is 59.7 Å². The number of nitrogens with zero attached hydrogens (tertiary/aromatic N) is 1. The Labute approximate surface area is 189 Å². The first-order valence-electron chi connectivity index (χ1n) is 9.24. The van der Waals surface area contributed by atoms with Gasteiger partial charge in [0.1, 0.15) is 11.5 Å². The highest BCUT2D eigenvalue weighted by Gasteiger charge is 2.05. The van der Waals surface area contributed by atoms with E-state index in [2.05, 4.69) is 20.9 Å². The Balaban J connectivity index is 0.00000420. The Hall–Kier alpha value is -2.49. The Morgan fingerprint density at radius 2 is 1.62 bits per heavy atom. The number of methoxy groups -OCH3 is 2. The van der Waals surface area contributed by atoms with E-state index in [0.29, 0.717) is 31.2 Å². The van der Waals surface area contributed by atoms with Gasteiger partial charge in [0.15, 0.2) is 5.96 Å². The molecule has 0 aliphatic carbocycles. The minimum absolute atomic E-state index is 0. The molecule has 0 radical (unpaired) electrons. The molecule has 2 aromatic carbocycles. The summed E-state index contributed by atoms with van der Waals surface area (Å²) in [5.74, 6) is 2.10. The van der Waals surface area contributed by atoms with Gasteiger partial charge in [0.25, 0.3) is 5.91 Å². The summed E-state index contributed by atoms with van der Waals surface area (Å²) in [4.78, 5) is 16.7. The summed E-state index contributed by atoms with van der Waals surface area (Å²) >= 11 is 0. The molecule has 0 saturated heterocycles. The highest BCUT2D eigenvalue weighted by atomic mass is 127. The van der Waals surface area contributed by atoms with Crippen molar-refractivity contribution in [2.24, 2.45) is 4.99 Å². The molecule has 2 rings (SSSR count). The normalized spacial score (nSPS) is 10.5. The monoisotopic (exact) mass is 512 g/mol. The van der Waals surface area contributed by atoms with Crippen molar-refractivity contribution in [1.82, 2.24) is 16.0 Å². The lowest BCUT2D eigenvalue weighted by Crippen LogP contribution is -2.41. The highest BCUT2D eigenvalue weighted by molar-refractivity contribution is 14.0. The predicted octanol–water partition coefficient (Wildman–Crippen LogP) is 2.81. The molecule has 0 bridgehead atoms. The van der Waals surface area contributed by atoms with E-state index in [-0.39, 0.29) is 29.9 Å². The second kappa shape index (κ2) is 13.6. The van der Waals surface area contributed by atoms with Gasteiger partial charge in [-0.3, -0.25) is 4.79 Å². The van der Waals surface area contributed by atoms with Crippen LogP contribution in [0.2, 0.25) is 0 Å². The van der Waals surface area contributed by atoms with Crippen molar-refractivity contribution in [1.29, 1.82) is 0 Å². The zero-order chi connectivity index (χ0) is 20.2. The number of benzene rings is 2. The smallest absolute Gasteiger partial charge is 0.251 e. The number of guanidine groups is 1. The third-order valence-corrected chi connectivity index (χ3v) is 4.00. The predicted molar refractivity (Wildman–Crippen MR) is 127 cm³/mol. The first kappa shape index (κ1) is 24.5. The van der Waals surface area contributed by atoms with Gasteiger partial charge in [-0.2, -0.15) is 0 Å². The molecule has 0 unspecified atom stereocenters. The molecule has 0 aliphatic heterocycles. The van der Waals surface area contributed by atoms with Crippen molar-refractivity contribution in [3.8, 4) is 11.5 Å². The molecule has 29 heavy (non-hydrogen) atoms. The third kappa shape index (κ3) is 8.18. The van der Waals surface area contributed by atoms with Gasteiger partial charge in [0.2, 0.25) is 0 Å². The van der Waals surface area contributed by atoms with Crippen molar-refractivity contribution in [3.63, 3.8) is 0 Å². The topological polar surface area (TPSA) is 84.0 Å². The fourth-order valence-corrected chi connectivity index (χ4v) is 2.54. The van der Waals surface area contributed by atoms with Crippen LogP contribution in [0.1, 0.15) is 22.8 Å². The van der Waals surface area contributed by atoms with Gasteiger partial charge in [0, 0.05) is 30.8 Å². The maximum absolute atomic E-state index is 12.2. The quantitative estimate of drug-likeness (QED) is 0.208. The van der Waals surface area contributed by atoms with E-state index < -0.39 is 0 Å². The molecule has 7 nitrogen and oxygen atoms in total. The molecule has 0 heterocycles. The lowest BCUT2D eigenvalue weighted by Gasteiger charge is -2.13. The number of halogens is 1. The summed E-state index contributed by atoms with van der Waals surface area (Å²) in [6.07, 6.45) is 0. The Bertz CT molecular complexity index is 782. The van der Waals surface area contributed by atoms with Crippen LogP contribution >= 0.6 is 24.0 Å². The Morgan fingerprint density at radius 1 is 0.931 bits per heavy atom. The number of amides is 1. The van der Waals surface area contributed by atoms with Crippen LogP contribution in [0, 0.1) is 0 Å². The zero-order valence-electron chi connectivity index (χ0n) is 17.0. The molecule has 2 aromatic rings. The van der Waals surface area contributed by atoms with Crippen molar-refractivity contribution >= 4 is 35.8 Å². The Kier molecular flexibility index (Phi) is 11.6. The largest absolute Gasteiger partial charge is 0.497 e. The number of rotatable bonds is 9. The number of nitrogens with one attached hydrogen (secondary N) is 3. The van der Waals surface area contributed by atoms with Crippen LogP contribution in [0.5, 0.6) is 11.5 Å². The van der Waals surface area contributed by atoms with Crippen LogP contribution in [0.4, 0.5) is 0 Å². The van der Waals surface area contributed by atoms with Crippen LogP contribution in [0.3, 0.4) is 0 Å². The number of carbonyl (C=O) groups is 1. The number of para-hydroxylation sites is 1. The van der Waals surface area contributed by atoms with Crippen LogP contribution in [0.15, 0.2) is 53.5 Å². The van der Waals surface area contributed by atoms with E-state index >= 15 is 0 Å². The first-order chi connectivity index (χ1) is 13.7. The molecule has 0 spiro atoms. The molecule has 1 amide bonds. The average molecular weight is 512 g/mol. The maximum Gasteiger partial charge on any atom is 0.251 e. The summed E-state index contributed by atoms with van der Waals surface area (Å²) in [5.41, 5.74) is 1.60. The van der Waals surface area contributed by atoms with Crippen LogP contribution < -0.4 is 25.4 Å². The van der Waals surface area contributed by atoms with Crippen LogP contribution in [-0.2, 0) is 6.54 Å². The van der Waals surface area contributed by atoms with Gasteiger partial charge in [-0.05, 0) is 37.3 Å². The summed E-state index contributed by atoms with van der Waals surface area (Å²) in [6.45, 7) is 4.28. The van der Waals surface area contributed by atoms with E-state index in [9.17, 15) is 4.79 Å². The summed E-state index contributed by atoms with van der Waals surface area (Å²) < 4.78 is 10.5. The van der Waals surface area contributed by atoms with Crippen molar-refractivity contribution < 1.29 is 14.3 Å². The van der Waals surface area contributed by atoms with Crippen LogP contribution in [-0.4, -0.2) is 45.7 Å². The molecule has 0 atom stereocenters. The number of aliphatic imine (C=N–C) groups is 1. The van der Waals surface area contributed by atoms with Gasteiger partial charge < -0.3 is 25.4 Å². The lowest BCUT2D eigenvalue weighted by molar-refractivity contribution is 0.0954. The van der Waals surface area contributed by atoms with E-state index in [0.717, 1.165) is 23.6 Å². The minimum atomic E-state index is -0.125. The second-order valence-corrected chi connectivity index (χ2v) is 5.92. The summed E-state index contributed by atoms with van der Waals surface area (Å²) in [7, 11) is 3.25. The fraction of sp³-hybridized carbons (Fsp3) is 0.333. The molecule has 0 fully saturated rings. The lowest BCUT2D eigenvalue weighted by atomic mass is 10.2. The van der Waals surface area contributed by atoms with Gasteiger partial charge in [-0.15, -0.1) is 24.0 Å². The van der Waals surface area contributed by atoms with Gasteiger partial charge in [0.05, 0.1) is 20.8 Å². The average Bonchev–Trinajstić information content (AvgIpc) is 2.75. The summed E-state index contributed by atoms with van der Waals surface area (Å²) in [6, 6.07) is 14.8. The zero-order valence-corrected chi connectivity index (χ0v) is 19.4. The molecule has 0 saturated carbocycles. The van der Waals surface area contributed by atoms with Crippen molar-refractivity contribution in [2.75, 3.05) is 33.9 Å². The Morgan fingerprint density at radius 3 is 2.28 bits per heavy atom. The fourth-order valence-electron chi connectivity index (χ4n) is 2.54. The van der Waals surface area contributed by atoms with Gasteiger partial charge in [-0.1, -0.05) is 18.2 Å². The second-order valence-electron chi connectivity index (χ2n) is 5.92. The summed E-state index contributed by atoms with van der Waals surface area (Å²) in [5, 5.41) is 9.29. The highest BCUT2D eigenvalue weighted by Crippen LogP contribution is 2.17. The molecule has 0 aromatic heterocycles. The molecule has 158 valence electrons. The van der Waals surface area contributed by atoms with Crippen LogP contribution in [0.25, 0.3) is 0 Å². The van der Waals surface area contributed by atoms with E-state index in [4.69, 9.17) is 9.47 Å². The number of carbonyl (C=O) groups excluding carboxylic acids is 1. The molecule has 8 heteroatoms. The maximum atomic E-state index is 12.2. The number of hydrogen-bond acceptors (Lipinski definition) is 4. The van der Waals surface area contributed by atoms with E-state index in [1.165, 1.54) is 0 Å². The van der Waals surface area contributed by atoms with E-state index in [1.54, 1.807) is 38.5 Å². The minimum Gasteiger partial charge on any atom is -0.497 e. The molecular formula is C21H29IN4O3. The number of hydrogen-bond donors (Lipinski definition) is 3. The van der Waals surface area contributed by atoms with Crippen molar-refractivity contribution in [2.45, 2.75) is 13.5 Å². The molecular weight excluding hydrogens is 483 g/mol. The molecule has 3 N–H and O–H groups in total. The number of ether oxygens (including phenoxy) is 2. The van der Waals surface area contributed by atoms with Gasteiger partial charge >= 0.3 is 0 Å². The third-order valence-electron chi connectivity index (χ3n) is 4.00. The van der Waals surface area contributed by atoms with Gasteiger partial charge in [-0.25, -0.2) is 4.99 Å². The SMILES string of the molecule is CCNC(=NCc1ccccc1OC)NCCNC(=O)c1ccc(OC)cc1.I.